The van der Waals surface area contributed by atoms with Gasteiger partial charge < -0.3 is 43.7 Å². The number of nitrogens with zero attached hydrogens (tertiary/aromatic N) is 3. The maximum Gasteiger partial charge on any atom is 0.408 e. The first-order valence-electron chi connectivity index (χ1n) is 12.9. The molecule has 4 rings (SSSR count). The second kappa shape index (κ2) is 11.3. The fourth-order valence-electron chi connectivity index (χ4n) is 4.92. The number of halogens is 1. The summed E-state index contributed by atoms with van der Waals surface area (Å²) >= 11 is 0. The number of nitrogens with one attached hydrogen (secondary N) is 1. The molecule has 2 fully saturated rings. The van der Waals surface area contributed by atoms with Crippen LogP contribution in [0.15, 0.2) is 47.4 Å². The Kier molecular flexibility index (Phi) is 8.83. The van der Waals surface area contributed by atoms with Crippen molar-refractivity contribution in [2.45, 2.75) is 84.1 Å². The molecule has 3 amide bonds. The van der Waals surface area contributed by atoms with E-state index in [1.54, 1.807) is 52.5 Å². The number of hydrogen-bond donors (Lipinski definition) is 1. The largest absolute Gasteiger partial charge is 1.00 e. The third-order valence-electron chi connectivity index (χ3n) is 6.45. The van der Waals surface area contributed by atoms with Crippen LogP contribution >= 0.6 is 0 Å². The van der Waals surface area contributed by atoms with Gasteiger partial charge in [-0.3, -0.25) is 14.5 Å². The average molecular weight is 653 g/mol. The predicted molar refractivity (Wildman–Crippen MR) is 139 cm³/mol. The Bertz CT molecular complexity index is 1240. The van der Waals surface area contributed by atoms with Gasteiger partial charge in [-0.25, -0.2) is 14.2 Å². The number of fused-ring (bicyclic) bond motifs is 1. The average Bonchev–Trinajstić information content (AvgIpc) is 3.14. The van der Waals surface area contributed by atoms with Gasteiger partial charge in [0.05, 0.1) is 6.04 Å². The lowest BCUT2D eigenvalue weighted by atomic mass is 9.83. The predicted octanol–water partition coefficient (Wildman–Crippen LogP) is -0.328. The van der Waals surface area contributed by atoms with Gasteiger partial charge in [0.15, 0.2) is 12.4 Å². The van der Waals surface area contributed by atoms with E-state index in [0.29, 0.717) is 37.0 Å². The molecule has 39 heavy (non-hydrogen) atoms. The van der Waals surface area contributed by atoms with Crippen molar-refractivity contribution >= 4 is 29.6 Å². The molecule has 0 saturated carbocycles. The van der Waals surface area contributed by atoms with Crippen molar-refractivity contribution in [1.82, 2.24) is 10.2 Å². The lowest BCUT2D eigenvalue weighted by Crippen LogP contribution is -3.00. The van der Waals surface area contributed by atoms with Crippen LogP contribution in [0.3, 0.4) is 0 Å². The minimum Gasteiger partial charge on any atom is -1.00 e. The normalized spacial score (nSPS) is 22.3. The molecule has 0 spiro atoms. The van der Waals surface area contributed by atoms with Crippen LogP contribution in [0, 0.1) is 0 Å². The first kappa shape index (κ1) is 30.6. The lowest BCUT2D eigenvalue weighted by molar-refractivity contribution is -0.670. The van der Waals surface area contributed by atoms with Gasteiger partial charge in [-0.05, 0) is 78.5 Å². The van der Waals surface area contributed by atoms with Crippen molar-refractivity contribution in [1.29, 1.82) is 0 Å². The Hall–Kier alpha value is -2.96. The summed E-state index contributed by atoms with van der Waals surface area (Å²) in [5.74, 6) is -1.17. The first-order valence-corrected chi connectivity index (χ1v) is 12.9. The number of allylic oxidation sites excluding steroid dienone is 2. The number of aromatic nitrogens is 1. The summed E-state index contributed by atoms with van der Waals surface area (Å²) in [6.07, 6.45) is 6.32. The highest BCUT2D eigenvalue weighted by molar-refractivity contribution is 6.09. The van der Waals surface area contributed by atoms with E-state index in [1.807, 2.05) is 36.1 Å². The number of amides is 3. The third-order valence-corrected chi connectivity index (χ3v) is 6.45. The number of aryl methyl sites for hydroxylation is 1. The molecule has 0 aromatic carbocycles. The number of carbonyl (C=O) groups excluding carboxylic acids is 4. The smallest absolute Gasteiger partial charge is 0.408 e. The molecular weight excluding hydrogens is 615 g/mol. The number of carbonyl (C=O) groups is 4. The van der Waals surface area contributed by atoms with Gasteiger partial charge >= 0.3 is 12.1 Å². The van der Waals surface area contributed by atoms with Gasteiger partial charge in [0.2, 0.25) is 0 Å². The van der Waals surface area contributed by atoms with Gasteiger partial charge in [-0.1, -0.05) is 0 Å². The summed E-state index contributed by atoms with van der Waals surface area (Å²) in [5.41, 5.74) is 0.602. The van der Waals surface area contributed by atoms with E-state index in [4.69, 9.17) is 9.47 Å². The molecule has 4 heterocycles. The zero-order valence-electron chi connectivity index (χ0n) is 23.5. The molecule has 0 radical (unpaired) electrons. The maximum absolute atomic E-state index is 13.3. The summed E-state index contributed by atoms with van der Waals surface area (Å²) in [6.45, 7) is 11.0. The number of ether oxygens (including phenoxy) is 2. The standard InChI is InChI=1S/C28H36N4O6.HI/c1-27(2,3)37-25(35)22-17(15-18-12-14-31(23(18)33)19-9-8-13-30(7)16-19)10-11-20-21(24(34)32(20)22)29-26(36)38-28(4,5)6;/h8-9,13,15-16,20-21H,10-12,14H2,1-7H3;1H/t20-,21+;/m1./s1. The van der Waals surface area contributed by atoms with Crippen LogP contribution in [-0.4, -0.2) is 58.6 Å². The lowest BCUT2D eigenvalue weighted by Gasteiger charge is -2.50. The van der Waals surface area contributed by atoms with Crippen LogP contribution in [0.1, 0.15) is 60.8 Å². The van der Waals surface area contributed by atoms with Crippen molar-refractivity contribution in [3.05, 3.63) is 47.4 Å². The molecule has 3 aliphatic rings. The highest BCUT2D eigenvalue weighted by Crippen LogP contribution is 2.39. The Morgan fingerprint density at radius 1 is 1.08 bits per heavy atom. The Balaban J connectivity index is 0.00000420. The van der Waals surface area contributed by atoms with Crippen LogP contribution in [0.5, 0.6) is 0 Å². The monoisotopic (exact) mass is 652 g/mol. The van der Waals surface area contributed by atoms with E-state index in [-0.39, 0.29) is 35.6 Å². The van der Waals surface area contributed by atoms with Gasteiger partial charge in [0, 0.05) is 18.2 Å². The van der Waals surface area contributed by atoms with Crippen LogP contribution in [0.2, 0.25) is 0 Å². The summed E-state index contributed by atoms with van der Waals surface area (Å²) in [7, 11) is 1.90. The zero-order valence-corrected chi connectivity index (χ0v) is 25.7. The van der Waals surface area contributed by atoms with Crippen LogP contribution < -0.4 is 38.8 Å². The van der Waals surface area contributed by atoms with Crippen molar-refractivity contribution < 1.29 is 57.2 Å². The third kappa shape index (κ3) is 6.79. The quantitative estimate of drug-likeness (QED) is 0.157. The first-order chi connectivity index (χ1) is 17.6. The highest BCUT2D eigenvalue weighted by Gasteiger charge is 2.54. The molecule has 1 N–H and O–H groups in total. The van der Waals surface area contributed by atoms with E-state index < -0.39 is 41.3 Å². The van der Waals surface area contributed by atoms with Crippen molar-refractivity contribution in [3.8, 4) is 0 Å². The van der Waals surface area contributed by atoms with Gasteiger partial charge in [0.1, 0.15) is 35.7 Å². The fraction of sp³-hybridized carbons (Fsp3) is 0.536. The van der Waals surface area contributed by atoms with Crippen LogP contribution in [0.25, 0.3) is 0 Å². The second-order valence-electron chi connectivity index (χ2n) is 11.9. The number of rotatable bonds is 4. The topological polar surface area (TPSA) is 109 Å². The van der Waals surface area contributed by atoms with Crippen LogP contribution in [0.4, 0.5) is 10.5 Å². The van der Waals surface area contributed by atoms with E-state index in [2.05, 4.69) is 5.32 Å². The molecule has 2 atom stereocenters. The molecule has 10 nitrogen and oxygen atoms in total. The van der Waals surface area contributed by atoms with Crippen molar-refractivity contribution in [3.63, 3.8) is 0 Å². The van der Waals surface area contributed by atoms with Gasteiger partial charge in [-0.2, -0.15) is 0 Å². The molecule has 0 bridgehead atoms. The summed E-state index contributed by atoms with van der Waals surface area (Å²) < 4.78 is 12.8. The molecule has 11 heteroatoms. The molecule has 3 aliphatic heterocycles. The summed E-state index contributed by atoms with van der Waals surface area (Å²) in [6, 6.07) is 2.57. The molecule has 1 aromatic rings. The van der Waals surface area contributed by atoms with E-state index in [0.717, 1.165) is 5.69 Å². The molecule has 0 aliphatic carbocycles. The summed E-state index contributed by atoms with van der Waals surface area (Å²) in [4.78, 5) is 55.3. The Morgan fingerprint density at radius 3 is 2.36 bits per heavy atom. The molecule has 2 saturated heterocycles. The van der Waals surface area contributed by atoms with E-state index in [1.165, 1.54) is 4.90 Å². The number of hydrogen-bond acceptors (Lipinski definition) is 6. The minimum atomic E-state index is -0.793. The van der Waals surface area contributed by atoms with Crippen molar-refractivity contribution in [2.24, 2.45) is 7.05 Å². The minimum absolute atomic E-state index is 0. The molecule has 0 unspecified atom stereocenters. The van der Waals surface area contributed by atoms with Crippen LogP contribution in [-0.2, 0) is 30.9 Å². The van der Waals surface area contributed by atoms with Crippen molar-refractivity contribution in [2.75, 3.05) is 11.4 Å². The molecule has 1 aromatic heterocycles. The van der Waals surface area contributed by atoms with Gasteiger partial charge in [0.25, 0.3) is 11.8 Å². The number of esters is 1. The van der Waals surface area contributed by atoms with E-state index >= 15 is 0 Å². The number of alkyl carbamates (subject to hydrolysis) is 1. The Morgan fingerprint density at radius 2 is 1.74 bits per heavy atom. The summed E-state index contributed by atoms with van der Waals surface area (Å²) in [5, 5.41) is 2.65. The number of anilines is 1. The number of β-lactam (4-membered cyclic amide) rings is 1. The Labute approximate surface area is 246 Å². The SMILES string of the molecule is C[n+]1cccc(N2CCC(=CC3=C(C(=O)OC(C)(C)C)N4C(=O)[C@@H](NC(=O)OC(C)(C)C)[C@H]4CC3)C2=O)c1.[I-]. The maximum atomic E-state index is 13.3. The fourth-order valence-corrected chi connectivity index (χ4v) is 4.92. The molecule has 212 valence electrons. The second-order valence-corrected chi connectivity index (χ2v) is 11.9. The van der Waals surface area contributed by atoms with Gasteiger partial charge in [-0.15, -0.1) is 0 Å². The number of pyridine rings is 1. The van der Waals surface area contributed by atoms with E-state index in [9.17, 15) is 19.2 Å². The highest BCUT2D eigenvalue weighted by atomic mass is 127. The zero-order chi connectivity index (χ0) is 28.0. The molecular formula is C28H37IN4O6.